The second kappa shape index (κ2) is 6.58. The lowest BCUT2D eigenvalue weighted by Crippen LogP contribution is -2.25. The summed E-state index contributed by atoms with van der Waals surface area (Å²) >= 11 is 6.78. The van der Waals surface area contributed by atoms with Crippen LogP contribution in [-0.4, -0.2) is 15.8 Å². The number of hydrazone groups is 1. The first kappa shape index (κ1) is 14.6. The molecule has 0 unspecified atom stereocenters. The average molecular weight is 304 g/mol. The Balaban J connectivity index is 1.97. The Bertz CT molecular complexity index is 633. The molecule has 0 fully saturated rings. The van der Waals surface area contributed by atoms with Gasteiger partial charge in [0.05, 0.1) is 5.71 Å². The number of thiazole rings is 1. The minimum atomic E-state index is 0.466. The zero-order valence-corrected chi connectivity index (χ0v) is 13.2. The molecule has 0 atom stereocenters. The van der Waals surface area contributed by atoms with Gasteiger partial charge in [0.25, 0.3) is 0 Å². The van der Waals surface area contributed by atoms with Gasteiger partial charge in [0.2, 0.25) is 0 Å². The number of aryl methyl sites for hydroxylation is 2. The van der Waals surface area contributed by atoms with Crippen molar-refractivity contribution < 1.29 is 0 Å². The summed E-state index contributed by atoms with van der Waals surface area (Å²) in [7, 11) is 0. The highest BCUT2D eigenvalue weighted by Gasteiger charge is 2.02. The number of anilines is 1. The maximum absolute atomic E-state index is 5.23. The van der Waals surface area contributed by atoms with E-state index in [2.05, 4.69) is 33.8 Å². The summed E-state index contributed by atoms with van der Waals surface area (Å²) in [5, 5.41) is 10.6. The van der Waals surface area contributed by atoms with E-state index in [-0.39, 0.29) is 0 Å². The molecule has 4 nitrogen and oxygen atoms in total. The molecule has 0 aliphatic rings. The molecule has 0 bridgehead atoms. The van der Waals surface area contributed by atoms with Gasteiger partial charge in [-0.1, -0.05) is 17.7 Å². The van der Waals surface area contributed by atoms with Crippen LogP contribution in [0.4, 0.5) is 5.69 Å². The molecule has 0 radical (unpaired) electrons. The van der Waals surface area contributed by atoms with E-state index in [1.807, 2.05) is 31.4 Å². The summed E-state index contributed by atoms with van der Waals surface area (Å²) in [6, 6.07) is 6.16. The molecule has 0 saturated heterocycles. The van der Waals surface area contributed by atoms with Crippen LogP contribution in [0.3, 0.4) is 0 Å². The summed E-state index contributed by atoms with van der Waals surface area (Å²) in [6.45, 7) is 6.00. The van der Waals surface area contributed by atoms with Crippen molar-refractivity contribution in [2.45, 2.75) is 20.8 Å². The normalized spacial score (nSPS) is 11.2. The predicted octanol–water partition coefficient (Wildman–Crippen LogP) is 3.47. The molecule has 20 heavy (non-hydrogen) atoms. The van der Waals surface area contributed by atoms with Crippen LogP contribution >= 0.6 is 23.6 Å². The van der Waals surface area contributed by atoms with Gasteiger partial charge in [0, 0.05) is 17.3 Å². The van der Waals surface area contributed by atoms with Crippen LogP contribution in [0.5, 0.6) is 0 Å². The van der Waals surface area contributed by atoms with Crippen LogP contribution in [-0.2, 0) is 0 Å². The van der Waals surface area contributed by atoms with Gasteiger partial charge >= 0.3 is 0 Å². The number of rotatable bonds is 3. The lowest BCUT2D eigenvalue weighted by atomic mass is 10.1. The standard InChI is InChI=1S/C14H16N4S2/c1-9-4-5-12(10(2)8-9)16-14(19)18-17-11(3)13-15-6-7-20-13/h4-8H,1-3H3,(H2,16,18,19)/b17-11-. The van der Waals surface area contributed by atoms with Crippen LogP contribution in [0, 0.1) is 13.8 Å². The van der Waals surface area contributed by atoms with Gasteiger partial charge in [-0.15, -0.1) is 11.3 Å². The summed E-state index contributed by atoms with van der Waals surface area (Å²) < 4.78 is 0. The van der Waals surface area contributed by atoms with Gasteiger partial charge in [0.1, 0.15) is 5.01 Å². The zero-order valence-electron chi connectivity index (χ0n) is 11.6. The highest BCUT2D eigenvalue weighted by molar-refractivity contribution is 7.80. The maximum Gasteiger partial charge on any atom is 0.191 e. The molecule has 2 aromatic rings. The number of thiocarbonyl (C=S) groups is 1. The van der Waals surface area contributed by atoms with Crippen molar-refractivity contribution in [3.63, 3.8) is 0 Å². The molecule has 2 rings (SSSR count). The van der Waals surface area contributed by atoms with Crippen LogP contribution in [0.25, 0.3) is 0 Å². The number of hydrogen-bond acceptors (Lipinski definition) is 4. The van der Waals surface area contributed by atoms with E-state index in [1.54, 1.807) is 17.5 Å². The number of nitrogens with zero attached hydrogens (tertiary/aromatic N) is 2. The molecule has 0 spiro atoms. The second-order valence-corrected chi connectivity index (χ2v) is 5.72. The highest BCUT2D eigenvalue weighted by Crippen LogP contribution is 2.15. The van der Waals surface area contributed by atoms with Crippen molar-refractivity contribution in [2.75, 3.05) is 5.32 Å². The molecular weight excluding hydrogens is 288 g/mol. The van der Waals surface area contributed by atoms with Crippen molar-refractivity contribution in [3.8, 4) is 0 Å². The fraction of sp³-hybridized carbons (Fsp3) is 0.214. The van der Waals surface area contributed by atoms with Crippen LogP contribution in [0.1, 0.15) is 23.1 Å². The van der Waals surface area contributed by atoms with Gasteiger partial charge in [-0.05, 0) is 44.6 Å². The Labute approximate surface area is 127 Å². The van der Waals surface area contributed by atoms with E-state index in [0.29, 0.717) is 5.11 Å². The molecule has 1 aromatic carbocycles. The Kier molecular flexibility index (Phi) is 4.81. The third kappa shape index (κ3) is 3.85. The van der Waals surface area contributed by atoms with Crippen LogP contribution in [0.2, 0.25) is 0 Å². The van der Waals surface area contributed by atoms with Gasteiger partial charge < -0.3 is 5.32 Å². The van der Waals surface area contributed by atoms with E-state index in [0.717, 1.165) is 22.0 Å². The topological polar surface area (TPSA) is 49.3 Å². The fourth-order valence-corrected chi connectivity index (χ4v) is 2.43. The molecule has 0 saturated carbocycles. The molecule has 1 heterocycles. The second-order valence-electron chi connectivity index (χ2n) is 4.42. The monoisotopic (exact) mass is 304 g/mol. The Morgan fingerprint density at radius 2 is 2.15 bits per heavy atom. The number of benzene rings is 1. The van der Waals surface area contributed by atoms with Gasteiger partial charge in [-0.2, -0.15) is 5.10 Å². The summed E-state index contributed by atoms with van der Waals surface area (Å²) in [4.78, 5) is 4.19. The Hall–Kier alpha value is -1.79. The Morgan fingerprint density at radius 3 is 2.80 bits per heavy atom. The maximum atomic E-state index is 5.23. The minimum Gasteiger partial charge on any atom is -0.331 e. The number of aromatic nitrogens is 1. The molecule has 0 aliphatic carbocycles. The lowest BCUT2D eigenvalue weighted by Gasteiger charge is -2.10. The Morgan fingerprint density at radius 1 is 1.35 bits per heavy atom. The van der Waals surface area contributed by atoms with Crippen LogP contribution in [0.15, 0.2) is 34.9 Å². The molecule has 0 amide bonds. The van der Waals surface area contributed by atoms with Gasteiger partial charge in [-0.25, -0.2) is 4.98 Å². The van der Waals surface area contributed by atoms with Crippen molar-refractivity contribution in [2.24, 2.45) is 5.10 Å². The number of hydrogen-bond donors (Lipinski definition) is 2. The molecule has 2 N–H and O–H groups in total. The van der Waals surface area contributed by atoms with E-state index < -0.39 is 0 Å². The van der Waals surface area contributed by atoms with Gasteiger partial charge in [0.15, 0.2) is 5.11 Å². The van der Waals surface area contributed by atoms with E-state index >= 15 is 0 Å². The van der Waals surface area contributed by atoms with E-state index in [4.69, 9.17) is 12.2 Å². The SMILES string of the molecule is C/C(=N/NC(=S)Nc1ccc(C)cc1C)c1nccs1. The third-order valence-corrected chi connectivity index (χ3v) is 3.77. The average Bonchev–Trinajstić information content (AvgIpc) is 2.93. The van der Waals surface area contributed by atoms with E-state index in [9.17, 15) is 0 Å². The first-order chi connectivity index (χ1) is 9.56. The first-order valence-corrected chi connectivity index (χ1v) is 7.43. The largest absolute Gasteiger partial charge is 0.331 e. The molecule has 1 aromatic heterocycles. The summed E-state index contributed by atoms with van der Waals surface area (Å²) in [5.74, 6) is 0. The summed E-state index contributed by atoms with van der Waals surface area (Å²) in [5.41, 5.74) is 7.00. The van der Waals surface area contributed by atoms with Gasteiger partial charge in [-0.3, -0.25) is 5.43 Å². The van der Waals surface area contributed by atoms with Crippen molar-refractivity contribution in [1.29, 1.82) is 0 Å². The first-order valence-electron chi connectivity index (χ1n) is 6.14. The lowest BCUT2D eigenvalue weighted by molar-refractivity contribution is 1.03. The van der Waals surface area contributed by atoms with Crippen molar-refractivity contribution in [1.82, 2.24) is 10.4 Å². The van der Waals surface area contributed by atoms with Crippen molar-refractivity contribution in [3.05, 3.63) is 45.9 Å². The smallest absolute Gasteiger partial charge is 0.191 e. The highest BCUT2D eigenvalue weighted by atomic mass is 32.1. The van der Waals surface area contributed by atoms with E-state index in [1.165, 1.54) is 5.56 Å². The quantitative estimate of drug-likeness (QED) is 0.518. The third-order valence-electron chi connectivity index (χ3n) is 2.70. The summed E-state index contributed by atoms with van der Waals surface area (Å²) in [6.07, 6.45) is 1.76. The zero-order chi connectivity index (χ0) is 14.5. The predicted molar refractivity (Wildman–Crippen MR) is 89.6 cm³/mol. The van der Waals surface area contributed by atoms with Crippen LogP contribution < -0.4 is 10.7 Å². The molecule has 0 aliphatic heterocycles. The minimum absolute atomic E-state index is 0.466. The van der Waals surface area contributed by atoms with Crippen molar-refractivity contribution >= 4 is 40.1 Å². The molecule has 6 heteroatoms. The molecular formula is C14H16N4S2. The number of nitrogens with one attached hydrogen (secondary N) is 2. The fourth-order valence-electron chi connectivity index (χ4n) is 1.69. The molecule has 104 valence electrons.